The molecule has 0 saturated heterocycles. The second kappa shape index (κ2) is 5.13. The summed E-state index contributed by atoms with van der Waals surface area (Å²) in [6.45, 7) is 4.43. The zero-order valence-corrected chi connectivity index (χ0v) is 12.4. The van der Waals surface area contributed by atoms with Crippen LogP contribution in [0.4, 0.5) is 0 Å². The van der Waals surface area contributed by atoms with Crippen LogP contribution >= 0.6 is 11.6 Å². The fourth-order valence-electron chi connectivity index (χ4n) is 3.14. The summed E-state index contributed by atoms with van der Waals surface area (Å²) in [5, 5.41) is 1.95. The largest absolute Gasteiger partial charge is 0.252 e. The fourth-order valence-corrected chi connectivity index (χ4v) is 3.41. The number of aromatic nitrogens is 1. The van der Waals surface area contributed by atoms with E-state index in [4.69, 9.17) is 16.6 Å². The molecule has 1 aromatic heterocycles. The first-order valence-corrected chi connectivity index (χ1v) is 7.63. The first kappa shape index (κ1) is 12.9. The van der Waals surface area contributed by atoms with Crippen molar-refractivity contribution in [1.82, 2.24) is 4.98 Å². The molecule has 0 radical (unpaired) electrons. The number of benzene rings is 1. The van der Waals surface area contributed by atoms with Crippen LogP contribution in [0.2, 0.25) is 5.02 Å². The molecule has 1 fully saturated rings. The van der Waals surface area contributed by atoms with Crippen molar-refractivity contribution in [3.63, 3.8) is 0 Å². The Morgan fingerprint density at radius 2 is 1.95 bits per heavy atom. The van der Waals surface area contributed by atoms with Crippen LogP contribution < -0.4 is 0 Å². The zero-order valence-electron chi connectivity index (χ0n) is 11.6. The van der Waals surface area contributed by atoms with Crippen molar-refractivity contribution < 1.29 is 0 Å². The van der Waals surface area contributed by atoms with Crippen LogP contribution in [0.3, 0.4) is 0 Å². The van der Waals surface area contributed by atoms with Gasteiger partial charge in [-0.3, -0.25) is 4.98 Å². The number of pyridine rings is 1. The predicted molar refractivity (Wildman–Crippen MR) is 82.1 cm³/mol. The molecule has 1 heterocycles. The Hall–Kier alpha value is -1.08. The molecule has 0 bridgehead atoms. The van der Waals surface area contributed by atoms with E-state index < -0.39 is 0 Å². The van der Waals surface area contributed by atoms with Gasteiger partial charge in [-0.05, 0) is 30.4 Å². The second-order valence-electron chi connectivity index (χ2n) is 5.91. The normalized spacial score (nSPS) is 16.6. The lowest BCUT2D eigenvalue weighted by molar-refractivity contribution is 0.700. The summed E-state index contributed by atoms with van der Waals surface area (Å²) in [4.78, 5) is 4.95. The van der Waals surface area contributed by atoms with Gasteiger partial charge in [-0.25, -0.2) is 0 Å². The predicted octanol–water partition coefficient (Wildman–Crippen LogP) is 5.67. The van der Waals surface area contributed by atoms with Crippen LogP contribution in [0.1, 0.15) is 62.6 Å². The number of hydrogen-bond donors (Lipinski definition) is 0. The van der Waals surface area contributed by atoms with Crippen molar-refractivity contribution in [1.29, 1.82) is 0 Å². The molecule has 0 aliphatic heterocycles. The van der Waals surface area contributed by atoms with Crippen molar-refractivity contribution in [2.45, 2.75) is 51.4 Å². The van der Waals surface area contributed by atoms with Crippen LogP contribution in [0.5, 0.6) is 0 Å². The SMILES string of the molecule is CC(C)c1cccc2c(Cl)cc(C3CCCC3)nc12. The number of fused-ring (bicyclic) bond motifs is 1. The summed E-state index contributed by atoms with van der Waals surface area (Å²) >= 11 is 6.48. The fraction of sp³-hybridized carbons (Fsp3) is 0.471. The maximum Gasteiger partial charge on any atom is 0.0754 e. The van der Waals surface area contributed by atoms with Gasteiger partial charge in [0.15, 0.2) is 0 Å². The Morgan fingerprint density at radius 3 is 2.63 bits per heavy atom. The lowest BCUT2D eigenvalue weighted by Gasteiger charge is -2.14. The molecule has 0 unspecified atom stereocenters. The summed E-state index contributed by atoms with van der Waals surface area (Å²) in [6.07, 6.45) is 5.18. The molecule has 19 heavy (non-hydrogen) atoms. The molecule has 2 heteroatoms. The van der Waals surface area contributed by atoms with E-state index in [2.05, 4.69) is 38.1 Å². The molecule has 3 rings (SSSR count). The first-order chi connectivity index (χ1) is 9.16. The van der Waals surface area contributed by atoms with Gasteiger partial charge in [0.2, 0.25) is 0 Å². The average molecular weight is 274 g/mol. The highest BCUT2D eigenvalue weighted by molar-refractivity contribution is 6.35. The lowest BCUT2D eigenvalue weighted by Crippen LogP contribution is -2.00. The quantitative estimate of drug-likeness (QED) is 0.687. The van der Waals surface area contributed by atoms with Gasteiger partial charge in [0.05, 0.1) is 10.5 Å². The number of hydrogen-bond acceptors (Lipinski definition) is 1. The van der Waals surface area contributed by atoms with Crippen molar-refractivity contribution in [3.05, 3.63) is 40.5 Å². The van der Waals surface area contributed by atoms with Gasteiger partial charge in [0, 0.05) is 17.0 Å². The molecular formula is C17H20ClN. The molecule has 1 aromatic carbocycles. The summed E-state index contributed by atoms with van der Waals surface area (Å²) in [5.41, 5.74) is 3.61. The minimum atomic E-state index is 0.478. The molecule has 1 nitrogen and oxygen atoms in total. The van der Waals surface area contributed by atoms with Gasteiger partial charge < -0.3 is 0 Å². The minimum Gasteiger partial charge on any atom is -0.252 e. The summed E-state index contributed by atoms with van der Waals surface area (Å²) < 4.78 is 0. The van der Waals surface area contributed by atoms with Crippen molar-refractivity contribution in [2.75, 3.05) is 0 Å². The number of para-hydroxylation sites is 1. The van der Waals surface area contributed by atoms with E-state index in [1.165, 1.54) is 36.9 Å². The molecule has 0 amide bonds. The molecule has 2 aromatic rings. The highest BCUT2D eigenvalue weighted by Crippen LogP contribution is 2.37. The summed E-state index contributed by atoms with van der Waals surface area (Å²) in [5.74, 6) is 1.09. The van der Waals surface area contributed by atoms with E-state index in [0.29, 0.717) is 11.8 Å². The van der Waals surface area contributed by atoms with Gasteiger partial charge in [0.1, 0.15) is 0 Å². The standard InChI is InChI=1S/C17H20ClN/c1-11(2)13-8-5-9-14-15(18)10-16(19-17(13)14)12-6-3-4-7-12/h5,8-12H,3-4,6-7H2,1-2H3. The summed E-state index contributed by atoms with van der Waals surface area (Å²) in [6, 6.07) is 8.42. The Morgan fingerprint density at radius 1 is 1.21 bits per heavy atom. The molecule has 1 aliphatic carbocycles. The monoisotopic (exact) mass is 273 g/mol. The van der Waals surface area contributed by atoms with Crippen molar-refractivity contribution in [3.8, 4) is 0 Å². The van der Waals surface area contributed by atoms with E-state index in [-0.39, 0.29) is 0 Å². The van der Waals surface area contributed by atoms with Crippen molar-refractivity contribution >= 4 is 22.5 Å². The molecule has 1 saturated carbocycles. The van der Waals surface area contributed by atoms with Crippen LogP contribution in [-0.4, -0.2) is 4.98 Å². The molecule has 100 valence electrons. The highest BCUT2D eigenvalue weighted by atomic mass is 35.5. The average Bonchev–Trinajstić information content (AvgIpc) is 2.91. The van der Waals surface area contributed by atoms with Crippen LogP contribution in [0, 0.1) is 0 Å². The Kier molecular flexibility index (Phi) is 3.49. The Labute approximate surface area is 120 Å². The lowest BCUT2D eigenvalue weighted by atomic mass is 9.97. The van der Waals surface area contributed by atoms with Gasteiger partial charge in [-0.15, -0.1) is 0 Å². The highest BCUT2D eigenvalue weighted by Gasteiger charge is 2.20. The Bertz CT molecular complexity index is 597. The molecule has 1 aliphatic rings. The molecule has 0 N–H and O–H groups in total. The molecular weight excluding hydrogens is 254 g/mol. The zero-order chi connectivity index (χ0) is 13.4. The van der Waals surface area contributed by atoms with E-state index in [1.54, 1.807) is 0 Å². The van der Waals surface area contributed by atoms with Gasteiger partial charge in [0.25, 0.3) is 0 Å². The van der Waals surface area contributed by atoms with Gasteiger partial charge in [-0.2, -0.15) is 0 Å². The van der Waals surface area contributed by atoms with Crippen molar-refractivity contribution in [2.24, 2.45) is 0 Å². The van der Waals surface area contributed by atoms with Gasteiger partial charge >= 0.3 is 0 Å². The first-order valence-electron chi connectivity index (χ1n) is 7.26. The number of nitrogens with zero attached hydrogens (tertiary/aromatic N) is 1. The van der Waals surface area contributed by atoms with E-state index in [0.717, 1.165) is 15.9 Å². The molecule has 0 spiro atoms. The topological polar surface area (TPSA) is 12.9 Å². The van der Waals surface area contributed by atoms with Crippen LogP contribution in [0.15, 0.2) is 24.3 Å². The number of halogens is 1. The third-order valence-corrected chi connectivity index (χ3v) is 4.55. The van der Waals surface area contributed by atoms with E-state index >= 15 is 0 Å². The van der Waals surface area contributed by atoms with E-state index in [1.807, 2.05) is 0 Å². The van der Waals surface area contributed by atoms with Gasteiger partial charge in [-0.1, -0.05) is 56.5 Å². The molecule has 0 atom stereocenters. The number of rotatable bonds is 2. The maximum absolute atomic E-state index is 6.48. The second-order valence-corrected chi connectivity index (χ2v) is 6.32. The third-order valence-electron chi connectivity index (χ3n) is 4.24. The summed E-state index contributed by atoms with van der Waals surface area (Å²) in [7, 11) is 0. The Balaban J connectivity index is 2.19. The van der Waals surface area contributed by atoms with Crippen LogP contribution in [0.25, 0.3) is 10.9 Å². The van der Waals surface area contributed by atoms with E-state index in [9.17, 15) is 0 Å². The smallest absolute Gasteiger partial charge is 0.0754 e. The third kappa shape index (κ3) is 2.36. The van der Waals surface area contributed by atoms with Crippen LogP contribution in [-0.2, 0) is 0 Å². The minimum absolute atomic E-state index is 0.478. The maximum atomic E-state index is 6.48.